The summed E-state index contributed by atoms with van der Waals surface area (Å²) in [4.78, 5) is 14.1. The zero-order valence-electron chi connectivity index (χ0n) is 25.0. The Morgan fingerprint density at radius 1 is 1.16 bits per heavy atom. The van der Waals surface area contributed by atoms with Gasteiger partial charge in [-0.1, -0.05) is 51.0 Å². The number of aromatic nitrogens is 4. The first-order chi connectivity index (χ1) is 17.8. The molecule has 0 aromatic carbocycles. The molecule has 8 heteroatoms. The van der Waals surface area contributed by atoms with Crippen molar-refractivity contribution in [1.82, 2.24) is 24.8 Å². The van der Waals surface area contributed by atoms with E-state index in [0.717, 1.165) is 42.1 Å². The molecule has 0 amide bonds. The van der Waals surface area contributed by atoms with Gasteiger partial charge in [0.25, 0.3) is 0 Å². The van der Waals surface area contributed by atoms with Crippen molar-refractivity contribution in [3.63, 3.8) is 0 Å². The third-order valence-corrected chi connectivity index (χ3v) is 6.87. The van der Waals surface area contributed by atoms with E-state index in [1.807, 2.05) is 17.7 Å². The summed E-state index contributed by atoms with van der Waals surface area (Å²) >= 11 is 0. The molecule has 1 aliphatic carbocycles. The highest BCUT2D eigenvalue weighted by Gasteiger charge is 2.26. The predicted octanol–water partition coefficient (Wildman–Crippen LogP) is 6.48. The van der Waals surface area contributed by atoms with Gasteiger partial charge in [-0.2, -0.15) is 9.97 Å². The van der Waals surface area contributed by atoms with Gasteiger partial charge < -0.3 is 25.3 Å². The molecule has 0 fully saturated rings. The zero-order valence-corrected chi connectivity index (χ0v) is 25.0. The van der Waals surface area contributed by atoms with Gasteiger partial charge in [-0.05, 0) is 58.1 Å². The van der Waals surface area contributed by atoms with Gasteiger partial charge >= 0.3 is 0 Å². The van der Waals surface area contributed by atoms with Gasteiger partial charge in [-0.25, -0.2) is 4.98 Å². The standard InChI is InChI=1S/C30H47N7O/c1-11-12-23(38-10)16-14-21(3)36-30(7,8)18-31-28-34-26-25(37(9)19-32-26)27(35-28)33-24-17-22(29(4,5)6)15-13-20(24)2/h13-16,19,24,36H,11-12,17-18H2,1-10H3,(H2,31,33,34,35)/b21-14+,23-16+. The molecule has 8 nitrogen and oxygen atoms in total. The van der Waals surface area contributed by atoms with E-state index >= 15 is 0 Å². The maximum absolute atomic E-state index is 5.45. The van der Waals surface area contributed by atoms with E-state index in [0.29, 0.717) is 18.1 Å². The maximum atomic E-state index is 5.45. The number of nitrogens with zero attached hydrogens (tertiary/aromatic N) is 4. The van der Waals surface area contributed by atoms with Crippen LogP contribution in [0, 0.1) is 5.41 Å². The Labute approximate surface area is 228 Å². The van der Waals surface area contributed by atoms with Crippen LogP contribution in [0.1, 0.15) is 74.7 Å². The molecule has 3 N–H and O–H groups in total. The summed E-state index contributed by atoms with van der Waals surface area (Å²) in [6.07, 6.45) is 13.3. The minimum atomic E-state index is -0.239. The van der Waals surface area contributed by atoms with Crippen molar-refractivity contribution in [3.8, 4) is 0 Å². The first kappa shape index (κ1) is 29.3. The van der Waals surface area contributed by atoms with Crippen LogP contribution >= 0.6 is 0 Å². The van der Waals surface area contributed by atoms with Gasteiger partial charge in [0.1, 0.15) is 5.52 Å². The molecule has 0 spiro atoms. The summed E-state index contributed by atoms with van der Waals surface area (Å²) in [5.41, 5.74) is 5.24. The number of methoxy groups -OCH3 is 1. The number of hydrogen-bond donors (Lipinski definition) is 3. The minimum absolute atomic E-state index is 0.124. The molecule has 0 aliphatic heterocycles. The molecule has 3 rings (SSSR count). The summed E-state index contributed by atoms with van der Waals surface area (Å²) in [7, 11) is 3.70. The summed E-state index contributed by atoms with van der Waals surface area (Å²) < 4.78 is 7.42. The second kappa shape index (κ2) is 12.0. The summed E-state index contributed by atoms with van der Waals surface area (Å²) in [6.45, 7) is 18.1. The van der Waals surface area contributed by atoms with E-state index in [-0.39, 0.29) is 17.0 Å². The van der Waals surface area contributed by atoms with Crippen LogP contribution in [0.25, 0.3) is 11.2 Å². The molecule has 208 valence electrons. The number of ether oxygens (including phenoxy) is 1. The van der Waals surface area contributed by atoms with Gasteiger partial charge in [-0.15, -0.1) is 0 Å². The van der Waals surface area contributed by atoms with Gasteiger partial charge in [0, 0.05) is 31.2 Å². The van der Waals surface area contributed by atoms with E-state index in [1.165, 1.54) is 11.1 Å². The quantitative estimate of drug-likeness (QED) is 0.230. The Bertz CT molecular complexity index is 1240. The number of imidazole rings is 1. The molecule has 2 aromatic heterocycles. The molecule has 1 aliphatic rings. The number of rotatable bonds is 11. The smallest absolute Gasteiger partial charge is 0.226 e. The van der Waals surface area contributed by atoms with Crippen LogP contribution < -0.4 is 16.0 Å². The number of hydrogen-bond acceptors (Lipinski definition) is 7. The monoisotopic (exact) mass is 521 g/mol. The molecule has 1 atom stereocenters. The van der Waals surface area contributed by atoms with Gasteiger partial charge in [0.2, 0.25) is 5.95 Å². The molecular formula is C30H47N7O. The molecule has 1 unspecified atom stereocenters. The Morgan fingerprint density at radius 2 is 1.89 bits per heavy atom. The van der Waals surface area contributed by atoms with Gasteiger partial charge in [0.05, 0.1) is 25.2 Å². The van der Waals surface area contributed by atoms with Crippen LogP contribution in [0.3, 0.4) is 0 Å². The van der Waals surface area contributed by atoms with Crippen LogP contribution in [0.15, 0.2) is 53.2 Å². The summed E-state index contributed by atoms with van der Waals surface area (Å²) in [5, 5.41) is 10.7. The Balaban J connectivity index is 1.77. The van der Waals surface area contributed by atoms with Crippen molar-refractivity contribution < 1.29 is 4.74 Å². The highest BCUT2D eigenvalue weighted by molar-refractivity contribution is 5.84. The highest BCUT2D eigenvalue weighted by Crippen LogP contribution is 2.35. The van der Waals surface area contributed by atoms with Crippen LogP contribution in [0.5, 0.6) is 0 Å². The molecule has 2 heterocycles. The lowest BCUT2D eigenvalue weighted by Gasteiger charge is -2.31. The first-order valence-corrected chi connectivity index (χ1v) is 13.6. The van der Waals surface area contributed by atoms with E-state index in [2.05, 4.69) is 94.6 Å². The fourth-order valence-corrected chi connectivity index (χ4v) is 4.56. The lowest BCUT2D eigenvalue weighted by Crippen LogP contribution is -2.44. The number of allylic oxidation sites excluding steroid dienone is 6. The maximum Gasteiger partial charge on any atom is 0.226 e. The molecule has 2 aromatic rings. The van der Waals surface area contributed by atoms with Crippen LogP contribution in [0.4, 0.5) is 11.8 Å². The van der Waals surface area contributed by atoms with Crippen molar-refractivity contribution in [3.05, 3.63) is 53.2 Å². The molecule has 0 saturated carbocycles. The average molecular weight is 522 g/mol. The lowest BCUT2D eigenvalue weighted by atomic mass is 9.79. The fourth-order valence-electron chi connectivity index (χ4n) is 4.56. The zero-order chi connectivity index (χ0) is 28.1. The largest absolute Gasteiger partial charge is 0.501 e. The predicted molar refractivity (Wildman–Crippen MR) is 159 cm³/mol. The Kier molecular flexibility index (Phi) is 9.28. The average Bonchev–Trinajstić information content (AvgIpc) is 3.21. The van der Waals surface area contributed by atoms with Crippen LogP contribution in [-0.2, 0) is 11.8 Å². The second-order valence-electron chi connectivity index (χ2n) is 12.0. The van der Waals surface area contributed by atoms with E-state index in [1.54, 1.807) is 13.4 Å². The minimum Gasteiger partial charge on any atom is -0.501 e. The fraction of sp³-hybridized carbons (Fsp3) is 0.567. The van der Waals surface area contributed by atoms with E-state index in [9.17, 15) is 0 Å². The van der Waals surface area contributed by atoms with Gasteiger partial charge in [-0.3, -0.25) is 0 Å². The number of nitrogens with one attached hydrogen (secondary N) is 3. The Hall–Kier alpha value is -3.29. The van der Waals surface area contributed by atoms with E-state index < -0.39 is 0 Å². The number of aryl methyl sites for hydroxylation is 1. The molecular weight excluding hydrogens is 474 g/mol. The van der Waals surface area contributed by atoms with Crippen molar-refractivity contribution >= 4 is 22.9 Å². The molecule has 0 radical (unpaired) electrons. The third kappa shape index (κ3) is 7.62. The van der Waals surface area contributed by atoms with E-state index in [4.69, 9.17) is 14.7 Å². The van der Waals surface area contributed by atoms with Crippen molar-refractivity contribution in [1.29, 1.82) is 0 Å². The first-order valence-electron chi connectivity index (χ1n) is 13.6. The van der Waals surface area contributed by atoms with Gasteiger partial charge in [0.15, 0.2) is 11.5 Å². The van der Waals surface area contributed by atoms with Crippen LogP contribution in [-0.4, -0.2) is 44.8 Å². The Morgan fingerprint density at radius 3 is 2.55 bits per heavy atom. The van der Waals surface area contributed by atoms with Crippen molar-refractivity contribution in [2.24, 2.45) is 12.5 Å². The third-order valence-electron chi connectivity index (χ3n) is 6.87. The number of anilines is 2. The molecule has 0 bridgehead atoms. The number of fused-ring (bicyclic) bond motifs is 1. The molecule has 0 saturated heterocycles. The summed E-state index contributed by atoms with van der Waals surface area (Å²) in [6, 6.07) is 0.165. The lowest BCUT2D eigenvalue weighted by molar-refractivity contribution is 0.276. The van der Waals surface area contributed by atoms with Crippen molar-refractivity contribution in [2.45, 2.75) is 86.2 Å². The topological polar surface area (TPSA) is 88.9 Å². The summed E-state index contributed by atoms with van der Waals surface area (Å²) in [5.74, 6) is 2.33. The van der Waals surface area contributed by atoms with Crippen molar-refractivity contribution in [2.75, 3.05) is 24.3 Å². The highest BCUT2D eigenvalue weighted by atomic mass is 16.5. The normalized spacial score (nSPS) is 17.3. The SMILES string of the molecule is CCC/C(=C\C=C(/C)NC(C)(C)CNc1nc(NC2CC(C(C)(C)C)=CC=C2C)c2c(ncn2C)n1)OC. The molecule has 38 heavy (non-hydrogen) atoms. The second-order valence-corrected chi connectivity index (χ2v) is 12.0. The van der Waals surface area contributed by atoms with Crippen LogP contribution in [0.2, 0.25) is 0 Å².